The number of nitrogens with zero attached hydrogens (tertiary/aromatic N) is 2. The highest BCUT2D eigenvalue weighted by Crippen LogP contribution is 2.49. The highest BCUT2D eigenvalue weighted by molar-refractivity contribution is 6.31. The van der Waals surface area contributed by atoms with Gasteiger partial charge in [0.25, 0.3) is 11.8 Å². The van der Waals surface area contributed by atoms with E-state index in [4.69, 9.17) is 16.3 Å². The lowest BCUT2D eigenvalue weighted by atomic mass is 9.96. The van der Waals surface area contributed by atoms with Crippen LogP contribution in [0.4, 0.5) is 11.4 Å². The molecule has 9 heteroatoms. The van der Waals surface area contributed by atoms with Gasteiger partial charge in [-0.05, 0) is 49.6 Å². The van der Waals surface area contributed by atoms with Gasteiger partial charge >= 0.3 is 5.97 Å². The SMILES string of the molecule is Cc1ccc(NC(=O)COC(=O)C23CCC(=O)N2c2ccccc2C(=O)N3C2CC2)cc1Cl. The maximum absolute atomic E-state index is 13.5. The number of aryl methyl sites for hydroxylation is 1. The van der Waals surface area contributed by atoms with Crippen molar-refractivity contribution in [1.29, 1.82) is 0 Å². The highest BCUT2D eigenvalue weighted by Gasteiger charge is 2.64. The number of carbonyl (C=O) groups excluding carboxylic acids is 4. The van der Waals surface area contributed by atoms with Crippen LogP contribution in [-0.4, -0.2) is 46.9 Å². The first-order valence-electron chi connectivity index (χ1n) is 10.8. The zero-order valence-corrected chi connectivity index (χ0v) is 18.7. The molecular weight excluding hydrogens is 446 g/mol. The Labute approximate surface area is 195 Å². The van der Waals surface area contributed by atoms with Crippen LogP contribution in [0, 0.1) is 6.92 Å². The van der Waals surface area contributed by atoms with Gasteiger partial charge in [-0.25, -0.2) is 4.79 Å². The van der Waals surface area contributed by atoms with Crippen LogP contribution < -0.4 is 10.2 Å². The number of esters is 1. The minimum Gasteiger partial charge on any atom is -0.452 e. The fourth-order valence-corrected chi connectivity index (χ4v) is 4.81. The van der Waals surface area contributed by atoms with E-state index in [0.29, 0.717) is 22.0 Å². The highest BCUT2D eigenvalue weighted by atomic mass is 35.5. The van der Waals surface area contributed by atoms with Crippen LogP contribution >= 0.6 is 11.6 Å². The van der Waals surface area contributed by atoms with Gasteiger partial charge in [0, 0.05) is 29.6 Å². The van der Waals surface area contributed by atoms with Crippen LogP contribution in [0.5, 0.6) is 0 Å². The number of amides is 3. The number of fused-ring (bicyclic) bond motifs is 3. The molecule has 2 aromatic carbocycles. The summed E-state index contributed by atoms with van der Waals surface area (Å²) in [6.45, 7) is 1.29. The predicted molar refractivity (Wildman–Crippen MR) is 121 cm³/mol. The summed E-state index contributed by atoms with van der Waals surface area (Å²) >= 11 is 6.10. The van der Waals surface area contributed by atoms with Gasteiger partial charge in [0.05, 0.1) is 11.3 Å². The Balaban J connectivity index is 1.41. The topological polar surface area (TPSA) is 96.0 Å². The molecule has 0 spiro atoms. The van der Waals surface area contributed by atoms with Gasteiger partial charge in [0.1, 0.15) is 0 Å². The summed E-state index contributed by atoms with van der Waals surface area (Å²) in [7, 11) is 0. The van der Waals surface area contributed by atoms with Gasteiger partial charge in [-0.3, -0.25) is 19.3 Å². The summed E-state index contributed by atoms with van der Waals surface area (Å²) in [5.41, 5.74) is 0.559. The van der Waals surface area contributed by atoms with Crippen LogP contribution in [0.1, 0.15) is 41.6 Å². The second kappa shape index (κ2) is 7.88. The number of nitrogens with one attached hydrogen (secondary N) is 1. The van der Waals surface area contributed by atoms with Gasteiger partial charge in [-0.2, -0.15) is 0 Å². The number of carbonyl (C=O) groups is 4. The number of rotatable bonds is 5. The van der Waals surface area contributed by atoms with Crippen LogP contribution in [0.15, 0.2) is 42.5 Å². The number of para-hydroxylation sites is 1. The summed E-state index contributed by atoms with van der Waals surface area (Å²) in [5.74, 6) is -1.87. The molecule has 8 nitrogen and oxygen atoms in total. The van der Waals surface area contributed by atoms with E-state index in [-0.39, 0.29) is 30.7 Å². The molecule has 33 heavy (non-hydrogen) atoms. The maximum Gasteiger partial charge on any atom is 0.354 e. The molecule has 0 bridgehead atoms. The average molecular weight is 468 g/mol. The molecule has 1 atom stereocenters. The van der Waals surface area contributed by atoms with Crippen molar-refractivity contribution in [2.45, 2.75) is 44.3 Å². The Kier molecular flexibility index (Phi) is 5.12. The standard InChI is InChI=1S/C24H22ClN3O5/c1-14-6-7-15(12-18(14)25)26-20(29)13-33-23(32)24-11-10-21(30)28(24)19-5-3-2-4-17(19)22(31)27(24)16-8-9-16/h2-7,12,16H,8-11,13H2,1H3,(H,26,29). The van der Waals surface area contributed by atoms with Crippen molar-refractivity contribution >= 4 is 46.7 Å². The van der Waals surface area contributed by atoms with Crippen molar-refractivity contribution in [3.63, 3.8) is 0 Å². The Morgan fingerprint density at radius 2 is 1.94 bits per heavy atom. The lowest BCUT2D eigenvalue weighted by molar-refractivity contribution is -0.159. The maximum atomic E-state index is 13.5. The van der Waals surface area contributed by atoms with Crippen molar-refractivity contribution in [3.8, 4) is 0 Å². The molecule has 1 saturated heterocycles. The predicted octanol–water partition coefficient (Wildman–Crippen LogP) is 3.27. The van der Waals surface area contributed by atoms with Gasteiger partial charge in [0.2, 0.25) is 11.6 Å². The van der Waals surface area contributed by atoms with E-state index in [2.05, 4.69) is 5.32 Å². The van der Waals surface area contributed by atoms with Gasteiger partial charge < -0.3 is 15.0 Å². The molecule has 2 aromatic rings. The first kappa shape index (κ1) is 21.5. The molecule has 2 fully saturated rings. The zero-order valence-electron chi connectivity index (χ0n) is 18.0. The largest absolute Gasteiger partial charge is 0.452 e. The minimum absolute atomic E-state index is 0.105. The van der Waals surface area contributed by atoms with Crippen molar-refractivity contribution in [3.05, 3.63) is 58.6 Å². The van der Waals surface area contributed by atoms with Crippen molar-refractivity contribution in [1.82, 2.24) is 4.90 Å². The normalized spacial score (nSPS) is 21.5. The first-order valence-corrected chi connectivity index (χ1v) is 11.2. The summed E-state index contributed by atoms with van der Waals surface area (Å²) in [6, 6.07) is 11.7. The Morgan fingerprint density at radius 1 is 1.18 bits per heavy atom. The van der Waals surface area contributed by atoms with E-state index in [9.17, 15) is 19.2 Å². The molecule has 170 valence electrons. The number of hydrogen-bond donors (Lipinski definition) is 1. The molecule has 1 N–H and O–H groups in total. The van der Waals surface area contributed by atoms with Gasteiger partial charge in [-0.15, -0.1) is 0 Å². The molecule has 2 heterocycles. The number of anilines is 2. The van der Waals surface area contributed by atoms with Crippen molar-refractivity contribution < 1.29 is 23.9 Å². The van der Waals surface area contributed by atoms with Crippen LogP contribution in [0.2, 0.25) is 5.02 Å². The molecule has 2 aliphatic heterocycles. The van der Waals surface area contributed by atoms with Gasteiger partial charge in [0.15, 0.2) is 6.61 Å². The number of halogens is 1. The van der Waals surface area contributed by atoms with E-state index < -0.39 is 24.1 Å². The lowest BCUT2D eigenvalue weighted by Crippen LogP contribution is -2.69. The third kappa shape index (κ3) is 3.45. The fourth-order valence-electron chi connectivity index (χ4n) is 4.63. The molecule has 1 saturated carbocycles. The fraction of sp³-hybridized carbons (Fsp3) is 0.333. The number of benzene rings is 2. The molecule has 0 aromatic heterocycles. The van der Waals surface area contributed by atoms with Crippen LogP contribution in [0.25, 0.3) is 0 Å². The number of ether oxygens (including phenoxy) is 1. The van der Waals surface area contributed by atoms with E-state index in [1.54, 1.807) is 42.5 Å². The second-order valence-electron chi connectivity index (χ2n) is 8.56. The quantitative estimate of drug-likeness (QED) is 0.681. The monoisotopic (exact) mass is 467 g/mol. The zero-order chi connectivity index (χ0) is 23.3. The Bertz CT molecular complexity index is 1190. The summed E-state index contributed by atoms with van der Waals surface area (Å²) in [6.07, 6.45) is 1.73. The third-order valence-electron chi connectivity index (χ3n) is 6.33. The van der Waals surface area contributed by atoms with Crippen LogP contribution in [0.3, 0.4) is 0 Å². The summed E-state index contributed by atoms with van der Waals surface area (Å²) in [4.78, 5) is 55.1. The molecule has 3 amide bonds. The minimum atomic E-state index is -1.57. The first-order chi connectivity index (χ1) is 15.8. The van der Waals surface area contributed by atoms with E-state index in [0.717, 1.165) is 18.4 Å². The molecule has 5 rings (SSSR count). The van der Waals surface area contributed by atoms with Crippen molar-refractivity contribution in [2.75, 3.05) is 16.8 Å². The Morgan fingerprint density at radius 3 is 2.67 bits per heavy atom. The molecule has 0 radical (unpaired) electrons. The second-order valence-corrected chi connectivity index (χ2v) is 8.96. The number of hydrogen-bond acceptors (Lipinski definition) is 5. The molecular formula is C24H22ClN3O5. The summed E-state index contributed by atoms with van der Waals surface area (Å²) in [5, 5.41) is 3.15. The smallest absolute Gasteiger partial charge is 0.354 e. The Hall–Kier alpha value is -3.39. The van der Waals surface area contributed by atoms with E-state index in [1.165, 1.54) is 9.80 Å². The molecule has 1 unspecified atom stereocenters. The third-order valence-corrected chi connectivity index (χ3v) is 6.74. The average Bonchev–Trinajstić information content (AvgIpc) is 3.57. The van der Waals surface area contributed by atoms with E-state index >= 15 is 0 Å². The summed E-state index contributed by atoms with van der Waals surface area (Å²) < 4.78 is 5.42. The van der Waals surface area contributed by atoms with Crippen molar-refractivity contribution in [2.24, 2.45) is 0 Å². The van der Waals surface area contributed by atoms with Crippen LogP contribution in [-0.2, 0) is 19.1 Å². The van der Waals surface area contributed by atoms with E-state index in [1.807, 2.05) is 6.92 Å². The molecule has 1 aliphatic carbocycles. The lowest BCUT2D eigenvalue weighted by Gasteiger charge is -2.48. The molecule has 3 aliphatic rings. The van der Waals surface area contributed by atoms with Gasteiger partial charge in [-0.1, -0.05) is 29.8 Å².